The molecule has 0 saturated heterocycles. The van der Waals surface area contributed by atoms with Gasteiger partial charge in [0.2, 0.25) is 0 Å². The highest BCUT2D eigenvalue weighted by molar-refractivity contribution is 6.40. The summed E-state index contributed by atoms with van der Waals surface area (Å²) in [7, 11) is 0. The predicted octanol–water partition coefficient (Wildman–Crippen LogP) is 2.24. The molecule has 3 amide bonds. The number of carbonyl (C=O) groups excluding carboxylic acids is 3. The van der Waals surface area contributed by atoms with Gasteiger partial charge in [-0.25, -0.2) is 0 Å². The Morgan fingerprint density at radius 1 is 1.12 bits per heavy atom. The van der Waals surface area contributed by atoms with Crippen LogP contribution in [0.1, 0.15) is 43.0 Å². The van der Waals surface area contributed by atoms with Gasteiger partial charge in [0, 0.05) is 12.6 Å². The van der Waals surface area contributed by atoms with E-state index < -0.39 is 11.8 Å². The molecule has 1 fully saturated rings. The van der Waals surface area contributed by atoms with E-state index in [1.54, 1.807) is 30.3 Å². The molecule has 6 heteroatoms. The highest BCUT2D eigenvalue weighted by atomic mass is 16.2. The first-order chi connectivity index (χ1) is 12.0. The zero-order valence-corrected chi connectivity index (χ0v) is 14.5. The predicted molar refractivity (Wildman–Crippen MR) is 97.2 cm³/mol. The van der Waals surface area contributed by atoms with Crippen LogP contribution in [0.3, 0.4) is 0 Å². The number of rotatable bonds is 5. The van der Waals surface area contributed by atoms with Crippen molar-refractivity contribution >= 4 is 23.4 Å². The molecule has 0 spiro atoms. The summed E-state index contributed by atoms with van der Waals surface area (Å²) in [6.07, 6.45) is 5.46. The quantitative estimate of drug-likeness (QED) is 0.566. The van der Waals surface area contributed by atoms with Gasteiger partial charge < -0.3 is 16.0 Å². The maximum atomic E-state index is 12.2. The summed E-state index contributed by atoms with van der Waals surface area (Å²) in [5, 5.41) is 7.96. The van der Waals surface area contributed by atoms with Crippen molar-refractivity contribution in [2.24, 2.45) is 5.92 Å². The second-order valence-corrected chi connectivity index (χ2v) is 6.43. The van der Waals surface area contributed by atoms with Crippen LogP contribution in [-0.2, 0) is 9.59 Å². The molecule has 0 unspecified atom stereocenters. The molecule has 1 aromatic carbocycles. The number of para-hydroxylation sites is 1. The molecule has 1 saturated carbocycles. The van der Waals surface area contributed by atoms with Crippen LogP contribution in [0.15, 0.2) is 36.9 Å². The number of nitrogens with one attached hydrogen (secondary N) is 3. The molecule has 0 heterocycles. The molecule has 6 nitrogen and oxygen atoms in total. The van der Waals surface area contributed by atoms with Crippen LogP contribution in [0, 0.1) is 5.92 Å². The molecule has 3 N–H and O–H groups in total. The van der Waals surface area contributed by atoms with Crippen molar-refractivity contribution in [3.63, 3.8) is 0 Å². The SMILES string of the molecule is C=CCNC(=O)c1ccccc1NC(=O)C(=O)NC1CCC(C)CC1. The Morgan fingerprint density at radius 2 is 1.80 bits per heavy atom. The van der Waals surface area contributed by atoms with Crippen molar-refractivity contribution in [2.75, 3.05) is 11.9 Å². The molecule has 0 radical (unpaired) electrons. The minimum Gasteiger partial charge on any atom is -0.349 e. The molecule has 0 atom stereocenters. The highest BCUT2D eigenvalue weighted by Crippen LogP contribution is 2.23. The number of carbonyl (C=O) groups is 3. The Labute approximate surface area is 148 Å². The average molecular weight is 343 g/mol. The normalized spacial score (nSPS) is 19.6. The van der Waals surface area contributed by atoms with E-state index in [0.717, 1.165) is 25.7 Å². The second-order valence-electron chi connectivity index (χ2n) is 6.43. The monoisotopic (exact) mass is 343 g/mol. The van der Waals surface area contributed by atoms with Crippen molar-refractivity contribution in [2.45, 2.75) is 38.6 Å². The van der Waals surface area contributed by atoms with Crippen molar-refractivity contribution in [1.29, 1.82) is 0 Å². The fourth-order valence-corrected chi connectivity index (χ4v) is 2.88. The summed E-state index contributed by atoms with van der Waals surface area (Å²) < 4.78 is 0. The van der Waals surface area contributed by atoms with E-state index in [1.807, 2.05) is 0 Å². The van der Waals surface area contributed by atoms with Crippen LogP contribution in [0.5, 0.6) is 0 Å². The fraction of sp³-hybridized carbons (Fsp3) is 0.421. The molecule has 1 aromatic rings. The Balaban J connectivity index is 1.96. The van der Waals surface area contributed by atoms with E-state index in [1.165, 1.54) is 0 Å². The third-order valence-corrected chi connectivity index (χ3v) is 4.38. The lowest BCUT2D eigenvalue weighted by Crippen LogP contribution is -2.43. The van der Waals surface area contributed by atoms with Crippen molar-refractivity contribution < 1.29 is 14.4 Å². The molecule has 0 aromatic heterocycles. The van der Waals surface area contributed by atoms with E-state index in [0.29, 0.717) is 23.7 Å². The molecular formula is C19H25N3O3. The molecule has 1 aliphatic rings. The van der Waals surface area contributed by atoms with Gasteiger partial charge in [0.05, 0.1) is 11.3 Å². The zero-order valence-electron chi connectivity index (χ0n) is 14.5. The molecular weight excluding hydrogens is 318 g/mol. The first-order valence-corrected chi connectivity index (χ1v) is 8.61. The van der Waals surface area contributed by atoms with Crippen LogP contribution in [0.4, 0.5) is 5.69 Å². The summed E-state index contributed by atoms with van der Waals surface area (Å²) >= 11 is 0. The molecule has 134 valence electrons. The summed E-state index contributed by atoms with van der Waals surface area (Å²) in [6, 6.07) is 6.62. The summed E-state index contributed by atoms with van der Waals surface area (Å²) in [6.45, 7) is 6.06. The summed E-state index contributed by atoms with van der Waals surface area (Å²) in [5.74, 6) is -1.09. The number of benzene rings is 1. The van der Waals surface area contributed by atoms with Gasteiger partial charge in [0.25, 0.3) is 5.91 Å². The van der Waals surface area contributed by atoms with Gasteiger partial charge in [0.1, 0.15) is 0 Å². The van der Waals surface area contributed by atoms with Crippen LogP contribution in [0.25, 0.3) is 0 Å². The number of hydrogen-bond donors (Lipinski definition) is 3. The largest absolute Gasteiger partial charge is 0.349 e. The molecule has 25 heavy (non-hydrogen) atoms. The van der Waals surface area contributed by atoms with Crippen LogP contribution < -0.4 is 16.0 Å². The Hall–Kier alpha value is -2.63. The van der Waals surface area contributed by atoms with E-state index in [4.69, 9.17) is 0 Å². The lowest BCUT2D eigenvalue weighted by atomic mass is 9.87. The maximum absolute atomic E-state index is 12.2. The minimum absolute atomic E-state index is 0.0422. The third kappa shape index (κ3) is 5.45. The highest BCUT2D eigenvalue weighted by Gasteiger charge is 2.23. The average Bonchev–Trinajstić information content (AvgIpc) is 2.62. The Morgan fingerprint density at radius 3 is 2.48 bits per heavy atom. The first kappa shape index (κ1) is 18.7. The Bertz CT molecular complexity index is 649. The van der Waals surface area contributed by atoms with Gasteiger partial charge >= 0.3 is 11.8 Å². The van der Waals surface area contributed by atoms with E-state index in [9.17, 15) is 14.4 Å². The van der Waals surface area contributed by atoms with Gasteiger partial charge in [-0.1, -0.05) is 25.1 Å². The molecule has 0 aliphatic heterocycles. The smallest absolute Gasteiger partial charge is 0.313 e. The van der Waals surface area contributed by atoms with Crippen molar-refractivity contribution in [1.82, 2.24) is 10.6 Å². The van der Waals surface area contributed by atoms with Crippen LogP contribution in [0.2, 0.25) is 0 Å². The van der Waals surface area contributed by atoms with Gasteiger partial charge in [0.15, 0.2) is 0 Å². The van der Waals surface area contributed by atoms with Crippen LogP contribution >= 0.6 is 0 Å². The van der Waals surface area contributed by atoms with Gasteiger partial charge in [-0.2, -0.15) is 0 Å². The van der Waals surface area contributed by atoms with Gasteiger partial charge in [-0.05, 0) is 43.7 Å². The standard InChI is InChI=1S/C19H25N3O3/c1-3-12-20-17(23)15-6-4-5-7-16(15)22-19(25)18(24)21-14-10-8-13(2)9-11-14/h3-7,13-14H,1,8-12H2,2H3,(H,20,23)(H,21,24)(H,22,25). The summed E-state index contributed by atoms with van der Waals surface area (Å²) in [5.41, 5.74) is 0.610. The van der Waals surface area contributed by atoms with Gasteiger partial charge in [-0.3, -0.25) is 14.4 Å². The maximum Gasteiger partial charge on any atom is 0.313 e. The third-order valence-electron chi connectivity index (χ3n) is 4.38. The topological polar surface area (TPSA) is 87.3 Å². The second kappa shape index (κ2) is 9.01. The molecule has 2 rings (SSSR count). The van der Waals surface area contributed by atoms with E-state index >= 15 is 0 Å². The molecule has 0 bridgehead atoms. The lowest BCUT2D eigenvalue weighted by molar-refractivity contribution is -0.136. The fourth-order valence-electron chi connectivity index (χ4n) is 2.88. The molecule has 1 aliphatic carbocycles. The minimum atomic E-state index is -0.761. The van der Waals surface area contributed by atoms with Crippen molar-refractivity contribution in [3.8, 4) is 0 Å². The van der Waals surface area contributed by atoms with E-state index in [2.05, 4.69) is 29.5 Å². The van der Waals surface area contributed by atoms with E-state index in [-0.39, 0.29) is 11.9 Å². The number of anilines is 1. The summed E-state index contributed by atoms with van der Waals surface area (Å²) in [4.78, 5) is 36.4. The van der Waals surface area contributed by atoms with Crippen molar-refractivity contribution in [3.05, 3.63) is 42.5 Å². The Kier molecular flexibility index (Phi) is 6.74. The zero-order chi connectivity index (χ0) is 18.2. The first-order valence-electron chi connectivity index (χ1n) is 8.61. The lowest BCUT2D eigenvalue weighted by Gasteiger charge is -2.26. The number of amides is 3. The van der Waals surface area contributed by atoms with Crippen LogP contribution in [-0.4, -0.2) is 30.3 Å². The van der Waals surface area contributed by atoms with Gasteiger partial charge in [-0.15, -0.1) is 6.58 Å². The number of hydrogen-bond acceptors (Lipinski definition) is 3.